The molecule has 3 rings (SSSR count). The molecule has 23 heavy (non-hydrogen) atoms. The first kappa shape index (κ1) is 15.6. The molecule has 0 bridgehead atoms. The van der Waals surface area contributed by atoms with Crippen LogP contribution in [0, 0.1) is 11.7 Å². The number of halogens is 1. The zero-order chi connectivity index (χ0) is 16.4. The van der Waals surface area contributed by atoms with Crippen LogP contribution in [-0.4, -0.2) is 34.1 Å². The van der Waals surface area contributed by atoms with E-state index in [0.29, 0.717) is 18.0 Å². The highest BCUT2D eigenvalue weighted by molar-refractivity contribution is 5.78. The first-order valence-corrected chi connectivity index (χ1v) is 7.93. The van der Waals surface area contributed by atoms with E-state index in [0.717, 1.165) is 19.4 Å². The predicted octanol–water partition coefficient (Wildman–Crippen LogP) is 3.24. The van der Waals surface area contributed by atoms with Crippen LogP contribution in [0.4, 0.5) is 4.39 Å². The number of carbonyl (C=O) groups is 1. The van der Waals surface area contributed by atoms with Crippen LogP contribution in [0.25, 0.3) is 11.5 Å². The van der Waals surface area contributed by atoms with Crippen molar-refractivity contribution in [2.45, 2.75) is 32.6 Å². The summed E-state index contributed by atoms with van der Waals surface area (Å²) < 4.78 is 19.5. The molecule has 1 atom stereocenters. The van der Waals surface area contributed by atoms with Gasteiger partial charge in [0, 0.05) is 19.0 Å². The first-order valence-electron chi connectivity index (χ1n) is 7.93. The normalized spacial score (nSPS) is 18.4. The molecule has 1 aromatic carbocycles. The molecule has 1 saturated heterocycles. The van der Waals surface area contributed by atoms with Gasteiger partial charge in [0.2, 0.25) is 11.8 Å². The number of hydrogen-bond acceptors (Lipinski definition) is 4. The third-order valence-electron chi connectivity index (χ3n) is 4.12. The fourth-order valence-electron chi connectivity index (χ4n) is 2.89. The van der Waals surface area contributed by atoms with Crippen LogP contribution in [-0.2, 0) is 4.79 Å². The molecular weight excluding hydrogens is 297 g/mol. The van der Waals surface area contributed by atoms with Gasteiger partial charge in [-0.2, -0.15) is 0 Å². The summed E-state index contributed by atoms with van der Waals surface area (Å²) in [6.45, 7) is 5.14. The fraction of sp³-hybridized carbons (Fsp3) is 0.471. The van der Waals surface area contributed by atoms with Crippen LogP contribution in [0.2, 0.25) is 0 Å². The highest BCUT2D eigenvalue weighted by Gasteiger charge is 2.29. The highest BCUT2D eigenvalue weighted by Crippen LogP contribution is 2.29. The maximum Gasteiger partial charge on any atom is 0.250 e. The largest absolute Gasteiger partial charge is 0.420 e. The van der Waals surface area contributed by atoms with Gasteiger partial charge in [-0.1, -0.05) is 26.0 Å². The van der Waals surface area contributed by atoms with E-state index in [4.69, 9.17) is 4.42 Å². The Labute approximate surface area is 134 Å². The van der Waals surface area contributed by atoms with Gasteiger partial charge in [0.1, 0.15) is 5.82 Å². The van der Waals surface area contributed by atoms with Gasteiger partial charge in [0.05, 0.1) is 11.5 Å². The average molecular weight is 317 g/mol. The summed E-state index contributed by atoms with van der Waals surface area (Å²) >= 11 is 0. The van der Waals surface area contributed by atoms with Crippen LogP contribution >= 0.6 is 0 Å². The average Bonchev–Trinajstić information content (AvgIpc) is 3.04. The minimum Gasteiger partial charge on any atom is -0.420 e. The lowest BCUT2D eigenvalue weighted by molar-refractivity contribution is -0.135. The monoisotopic (exact) mass is 317 g/mol. The second kappa shape index (κ2) is 6.48. The lowest BCUT2D eigenvalue weighted by Gasteiger charge is -2.32. The number of benzene rings is 1. The van der Waals surface area contributed by atoms with Crippen molar-refractivity contribution in [3.8, 4) is 11.5 Å². The zero-order valence-corrected chi connectivity index (χ0v) is 13.3. The van der Waals surface area contributed by atoms with Crippen molar-refractivity contribution in [1.29, 1.82) is 0 Å². The van der Waals surface area contributed by atoms with Crippen LogP contribution in [0.15, 0.2) is 28.7 Å². The van der Waals surface area contributed by atoms with Gasteiger partial charge in [0.15, 0.2) is 0 Å². The summed E-state index contributed by atoms with van der Waals surface area (Å²) in [5.41, 5.74) is 0.303. The molecule has 5 nitrogen and oxygen atoms in total. The molecule has 0 radical (unpaired) electrons. The molecular formula is C17H20FN3O2. The van der Waals surface area contributed by atoms with Gasteiger partial charge >= 0.3 is 0 Å². The summed E-state index contributed by atoms with van der Waals surface area (Å²) in [6.07, 6.45) is 1.79. The van der Waals surface area contributed by atoms with Crippen molar-refractivity contribution in [2.75, 3.05) is 13.1 Å². The van der Waals surface area contributed by atoms with Gasteiger partial charge in [-0.25, -0.2) is 4.39 Å². The van der Waals surface area contributed by atoms with E-state index in [9.17, 15) is 9.18 Å². The van der Waals surface area contributed by atoms with Gasteiger partial charge in [-0.05, 0) is 25.0 Å². The highest BCUT2D eigenvalue weighted by atomic mass is 19.1. The number of aromatic nitrogens is 2. The van der Waals surface area contributed by atoms with Crippen molar-refractivity contribution in [2.24, 2.45) is 5.92 Å². The first-order chi connectivity index (χ1) is 11.1. The standard InChI is InChI=1S/C17H20FN3O2/c1-11(2)17(22)21-9-5-6-12(10-21)15-19-20-16(23-15)13-7-3-4-8-14(13)18/h3-4,7-8,11-12H,5-6,9-10H2,1-2H3. The maximum absolute atomic E-state index is 13.8. The second-order valence-electron chi connectivity index (χ2n) is 6.20. The summed E-state index contributed by atoms with van der Waals surface area (Å²) in [6, 6.07) is 6.32. The number of piperidine rings is 1. The van der Waals surface area contributed by atoms with Crippen LogP contribution < -0.4 is 0 Å². The molecule has 0 saturated carbocycles. The van der Waals surface area contributed by atoms with Gasteiger partial charge < -0.3 is 9.32 Å². The Bertz CT molecular complexity index is 699. The number of rotatable bonds is 3. The smallest absolute Gasteiger partial charge is 0.250 e. The van der Waals surface area contributed by atoms with Crippen molar-refractivity contribution in [1.82, 2.24) is 15.1 Å². The summed E-state index contributed by atoms with van der Waals surface area (Å²) in [4.78, 5) is 14.0. The Morgan fingerprint density at radius 2 is 2.13 bits per heavy atom. The van der Waals surface area contributed by atoms with E-state index in [1.807, 2.05) is 18.7 Å². The molecule has 2 heterocycles. The Hall–Kier alpha value is -2.24. The summed E-state index contributed by atoms with van der Waals surface area (Å²) in [7, 11) is 0. The Morgan fingerprint density at radius 1 is 1.35 bits per heavy atom. The molecule has 122 valence electrons. The molecule has 1 fully saturated rings. The van der Waals surface area contributed by atoms with E-state index < -0.39 is 0 Å². The van der Waals surface area contributed by atoms with Gasteiger partial charge in [-0.3, -0.25) is 4.79 Å². The quantitative estimate of drug-likeness (QED) is 0.872. The molecule has 1 aromatic heterocycles. The molecule has 1 unspecified atom stereocenters. The van der Waals surface area contributed by atoms with E-state index in [1.165, 1.54) is 6.07 Å². The van der Waals surface area contributed by atoms with E-state index in [2.05, 4.69) is 10.2 Å². The molecule has 0 N–H and O–H groups in total. The zero-order valence-electron chi connectivity index (χ0n) is 13.3. The predicted molar refractivity (Wildman–Crippen MR) is 83.1 cm³/mol. The van der Waals surface area contributed by atoms with Crippen molar-refractivity contribution in [3.63, 3.8) is 0 Å². The van der Waals surface area contributed by atoms with E-state index in [1.54, 1.807) is 18.2 Å². The Morgan fingerprint density at radius 3 is 2.87 bits per heavy atom. The van der Waals surface area contributed by atoms with E-state index in [-0.39, 0.29) is 29.5 Å². The topological polar surface area (TPSA) is 59.2 Å². The number of amides is 1. The molecule has 1 aliphatic rings. The molecule has 6 heteroatoms. The molecule has 1 aliphatic heterocycles. The summed E-state index contributed by atoms with van der Waals surface area (Å²) in [5, 5.41) is 8.04. The van der Waals surface area contributed by atoms with Crippen LogP contribution in [0.3, 0.4) is 0 Å². The van der Waals surface area contributed by atoms with Gasteiger partial charge in [0.25, 0.3) is 5.89 Å². The third-order valence-corrected chi connectivity index (χ3v) is 4.12. The number of hydrogen-bond donors (Lipinski definition) is 0. The summed E-state index contributed by atoms with van der Waals surface area (Å²) in [5.74, 6) is 0.409. The fourth-order valence-corrected chi connectivity index (χ4v) is 2.89. The van der Waals surface area contributed by atoms with Gasteiger partial charge in [-0.15, -0.1) is 10.2 Å². The number of carbonyl (C=O) groups excluding carboxylic acids is 1. The molecule has 0 spiro atoms. The number of likely N-dealkylation sites (tertiary alicyclic amines) is 1. The second-order valence-corrected chi connectivity index (χ2v) is 6.20. The molecule has 2 aromatic rings. The maximum atomic E-state index is 13.8. The number of nitrogens with zero attached hydrogens (tertiary/aromatic N) is 3. The Kier molecular flexibility index (Phi) is 4.41. The minimum absolute atomic E-state index is 0.0134. The minimum atomic E-state index is -0.386. The van der Waals surface area contributed by atoms with Crippen LogP contribution in [0.5, 0.6) is 0 Å². The van der Waals surface area contributed by atoms with Crippen molar-refractivity contribution >= 4 is 5.91 Å². The molecule has 0 aliphatic carbocycles. The van der Waals surface area contributed by atoms with Crippen LogP contribution in [0.1, 0.15) is 38.5 Å². The molecule has 1 amide bonds. The van der Waals surface area contributed by atoms with Crippen molar-refractivity contribution < 1.29 is 13.6 Å². The Balaban J connectivity index is 1.78. The SMILES string of the molecule is CC(C)C(=O)N1CCCC(c2nnc(-c3ccccc3F)o2)C1. The lowest BCUT2D eigenvalue weighted by atomic mass is 9.97. The van der Waals surface area contributed by atoms with Crippen molar-refractivity contribution in [3.05, 3.63) is 36.0 Å². The lowest BCUT2D eigenvalue weighted by Crippen LogP contribution is -2.41. The van der Waals surface area contributed by atoms with E-state index >= 15 is 0 Å². The third kappa shape index (κ3) is 3.25.